The zero-order chi connectivity index (χ0) is 26.8. The van der Waals surface area contributed by atoms with Crippen LogP contribution in [0.3, 0.4) is 0 Å². The Balaban J connectivity index is 1.50. The van der Waals surface area contributed by atoms with Crippen LogP contribution in [-0.4, -0.2) is 31.5 Å². The molecule has 1 aliphatic carbocycles. The van der Waals surface area contributed by atoms with Crippen molar-refractivity contribution in [3.63, 3.8) is 0 Å². The molecular formula is C28H28F3N5O2. The van der Waals surface area contributed by atoms with E-state index in [1.54, 1.807) is 30.2 Å². The van der Waals surface area contributed by atoms with Crippen LogP contribution in [0.4, 0.5) is 18.9 Å². The molecule has 2 fully saturated rings. The first-order valence-electron chi connectivity index (χ1n) is 12.9. The second kappa shape index (κ2) is 8.96. The fourth-order valence-electron chi connectivity index (χ4n) is 5.89. The van der Waals surface area contributed by atoms with Gasteiger partial charge in [0.05, 0.1) is 11.7 Å². The predicted octanol–water partition coefficient (Wildman–Crippen LogP) is 6.77. The van der Waals surface area contributed by atoms with Crippen LogP contribution < -0.4 is 4.90 Å². The summed E-state index contributed by atoms with van der Waals surface area (Å²) in [6, 6.07) is 5.95. The molecule has 6 rings (SSSR count). The molecule has 38 heavy (non-hydrogen) atoms. The van der Waals surface area contributed by atoms with Crippen LogP contribution in [0, 0.1) is 26.6 Å². The van der Waals surface area contributed by atoms with Gasteiger partial charge in [0.1, 0.15) is 22.9 Å². The highest BCUT2D eigenvalue weighted by Crippen LogP contribution is 2.44. The average molecular weight is 524 g/mol. The summed E-state index contributed by atoms with van der Waals surface area (Å²) in [6.45, 7) is 5.35. The third-order valence-electron chi connectivity index (χ3n) is 7.87. The summed E-state index contributed by atoms with van der Waals surface area (Å²) < 4.78 is 49.9. The van der Waals surface area contributed by atoms with Crippen molar-refractivity contribution in [2.24, 2.45) is 0 Å². The number of amides is 1. The van der Waals surface area contributed by atoms with Gasteiger partial charge in [-0.1, -0.05) is 11.2 Å². The summed E-state index contributed by atoms with van der Waals surface area (Å²) in [7, 11) is 0. The standard InChI is InChI=1S/C28H28F3N5O2/c1-15-4-5-20(13-21(15)29)35-23(6-7-24(35)37)27-33-22-12-18(25-16(2)34-38-17(25)3)14-32-26(22)36(27)19-8-10-28(30,31)11-9-19/h4-5,12-14,19,23H,6-11H2,1-3H3/t23-/m0/s1. The summed E-state index contributed by atoms with van der Waals surface area (Å²) >= 11 is 0. The van der Waals surface area contributed by atoms with E-state index in [1.165, 1.54) is 6.07 Å². The topological polar surface area (TPSA) is 77.1 Å². The van der Waals surface area contributed by atoms with E-state index >= 15 is 0 Å². The largest absolute Gasteiger partial charge is 0.361 e. The Morgan fingerprint density at radius 3 is 2.53 bits per heavy atom. The van der Waals surface area contributed by atoms with Crippen molar-refractivity contribution >= 4 is 22.8 Å². The number of pyridine rings is 1. The van der Waals surface area contributed by atoms with Gasteiger partial charge in [0, 0.05) is 48.3 Å². The molecule has 0 unspecified atom stereocenters. The van der Waals surface area contributed by atoms with Gasteiger partial charge in [0.15, 0.2) is 5.65 Å². The van der Waals surface area contributed by atoms with Gasteiger partial charge in [-0.2, -0.15) is 0 Å². The Hall–Kier alpha value is -3.69. The fraction of sp³-hybridized carbons (Fsp3) is 0.429. The molecular weight excluding hydrogens is 495 g/mol. The van der Waals surface area contributed by atoms with Crippen molar-refractivity contribution in [2.45, 2.75) is 77.3 Å². The number of anilines is 1. The number of nitrogens with zero attached hydrogens (tertiary/aromatic N) is 5. The number of aromatic nitrogens is 4. The molecule has 4 heterocycles. The Morgan fingerprint density at radius 1 is 1.08 bits per heavy atom. The summed E-state index contributed by atoms with van der Waals surface area (Å²) in [4.78, 5) is 24.4. The van der Waals surface area contributed by atoms with E-state index in [0.717, 1.165) is 16.8 Å². The molecule has 10 heteroatoms. The van der Waals surface area contributed by atoms with Crippen LogP contribution in [0.2, 0.25) is 0 Å². The zero-order valence-corrected chi connectivity index (χ0v) is 21.5. The summed E-state index contributed by atoms with van der Waals surface area (Å²) in [5.41, 5.74) is 4.49. The molecule has 0 N–H and O–H groups in total. The van der Waals surface area contributed by atoms with Crippen molar-refractivity contribution in [2.75, 3.05) is 4.90 Å². The number of halogens is 3. The van der Waals surface area contributed by atoms with Gasteiger partial charge in [0.2, 0.25) is 11.8 Å². The second-order valence-electron chi connectivity index (χ2n) is 10.4. The van der Waals surface area contributed by atoms with Crippen molar-refractivity contribution < 1.29 is 22.5 Å². The van der Waals surface area contributed by atoms with E-state index in [1.807, 2.05) is 24.5 Å². The van der Waals surface area contributed by atoms with Crippen LogP contribution in [0.5, 0.6) is 0 Å². The number of imidazole rings is 1. The first-order chi connectivity index (χ1) is 18.1. The maximum absolute atomic E-state index is 14.5. The van der Waals surface area contributed by atoms with Gasteiger partial charge < -0.3 is 14.0 Å². The molecule has 7 nitrogen and oxygen atoms in total. The van der Waals surface area contributed by atoms with Gasteiger partial charge in [0.25, 0.3) is 0 Å². The number of benzene rings is 1. The number of hydrogen-bond acceptors (Lipinski definition) is 5. The van der Waals surface area contributed by atoms with E-state index in [0.29, 0.717) is 40.4 Å². The highest BCUT2D eigenvalue weighted by atomic mass is 19.3. The van der Waals surface area contributed by atoms with Crippen LogP contribution in [0.25, 0.3) is 22.3 Å². The number of rotatable bonds is 4. The lowest BCUT2D eigenvalue weighted by Crippen LogP contribution is -2.32. The van der Waals surface area contributed by atoms with Crippen molar-refractivity contribution in [1.29, 1.82) is 0 Å². The molecule has 1 saturated heterocycles. The molecule has 1 atom stereocenters. The lowest BCUT2D eigenvalue weighted by molar-refractivity contribution is -0.117. The number of carbonyl (C=O) groups is 1. The molecule has 0 radical (unpaired) electrons. The molecule has 198 valence electrons. The quantitative estimate of drug-likeness (QED) is 0.295. The molecule has 4 aromatic rings. The van der Waals surface area contributed by atoms with Crippen molar-refractivity contribution in [3.8, 4) is 11.1 Å². The normalized spacial score (nSPS) is 20.1. The minimum Gasteiger partial charge on any atom is -0.361 e. The van der Waals surface area contributed by atoms with E-state index in [-0.39, 0.29) is 44.1 Å². The van der Waals surface area contributed by atoms with Gasteiger partial charge in [-0.3, -0.25) is 4.79 Å². The average Bonchev–Trinajstić information content (AvgIpc) is 3.55. The van der Waals surface area contributed by atoms with E-state index in [2.05, 4.69) is 5.16 Å². The first kappa shape index (κ1) is 24.6. The van der Waals surface area contributed by atoms with Crippen LogP contribution in [0.15, 0.2) is 35.0 Å². The zero-order valence-electron chi connectivity index (χ0n) is 21.5. The maximum Gasteiger partial charge on any atom is 0.248 e. The molecule has 2 aliphatic rings. The van der Waals surface area contributed by atoms with Gasteiger partial charge >= 0.3 is 0 Å². The highest BCUT2D eigenvalue weighted by molar-refractivity contribution is 5.96. The third kappa shape index (κ3) is 4.06. The molecule has 1 saturated carbocycles. The molecule has 0 bridgehead atoms. The summed E-state index contributed by atoms with van der Waals surface area (Å²) in [5.74, 6) is -1.96. The molecule has 1 amide bonds. The summed E-state index contributed by atoms with van der Waals surface area (Å²) in [5, 5.41) is 4.04. The predicted molar refractivity (Wildman–Crippen MR) is 136 cm³/mol. The molecule has 1 aliphatic heterocycles. The fourth-order valence-corrected chi connectivity index (χ4v) is 5.89. The number of aryl methyl sites for hydroxylation is 3. The number of alkyl halides is 2. The van der Waals surface area contributed by atoms with E-state index in [4.69, 9.17) is 14.5 Å². The minimum absolute atomic E-state index is 0.128. The Morgan fingerprint density at radius 2 is 1.84 bits per heavy atom. The van der Waals surface area contributed by atoms with Crippen LogP contribution in [-0.2, 0) is 4.79 Å². The first-order valence-corrected chi connectivity index (χ1v) is 12.9. The molecule has 0 spiro atoms. The maximum atomic E-state index is 14.5. The second-order valence-corrected chi connectivity index (χ2v) is 10.4. The Labute approximate surface area is 217 Å². The van der Waals surface area contributed by atoms with Gasteiger partial charge in [-0.25, -0.2) is 23.1 Å². The lowest BCUT2D eigenvalue weighted by atomic mass is 9.91. The smallest absolute Gasteiger partial charge is 0.248 e. The Bertz CT molecular complexity index is 1530. The Kier molecular flexibility index (Phi) is 5.81. The SMILES string of the molecule is Cc1ccc(N2C(=O)CC[C@H]2c2nc3cc(-c4c(C)noc4C)cnc3n2C2CCC(F)(F)CC2)cc1F. The van der Waals surface area contributed by atoms with Gasteiger partial charge in [-0.05, 0) is 63.8 Å². The monoisotopic (exact) mass is 523 g/mol. The van der Waals surface area contributed by atoms with Gasteiger partial charge in [-0.15, -0.1) is 0 Å². The molecule has 1 aromatic carbocycles. The molecule has 3 aromatic heterocycles. The van der Waals surface area contributed by atoms with Crippen molar-refractivity contribution in [1.82, 2.24) is 19.7 Å². The van der Waals surface area contributed by atoms with E-state index in [9.17, 15) is 18.0 Å². The third-order valence-corrected chi connectivity index (χ3v) is 7.87. The number of fused-ring (bicyclic) bond motifs is 1. The number of hydrogen-bond donors (Lipinski definition) is 0. The lowest BCUT2D eigenvalue weighted by Gasteiger charge is -2.32. The minimum atomic E-state index is -2.69. The van der Waals surface area contributed by atoms with Crippen LogP contribution in [0.1, 0.15) is 73.5 Å². The van der Waals surface area contributed by atoms with E-state index < -0.39 is 17.8 Å². The van der Waals surface area contributed by atoms with Crippen molar-refractivity contribution in [3.05, 3.63) is 59.1 Å². The highest BCUT2D eigenvalue weighted by Gasteiger charge is 2.41. The number of carbonyl (C=O) groups excluding carboxylic acids is 1. The summed E-state index contributed by atoms with van der Waals surface area (Å²) in [6.07, 6.45) is 2.61. The van der Waals surface area contributed by atoms with Crippen LogP contribution >= 0.6 is 0 Å².